The molecule has 1 atom stereocenters. The largest absolute Gasteiger partial charge is 0.306 e. The molecular weight excluding hydrogens is 345 g/mol. The quantitative estimate of drug-likeness (QED) is 0.765. The first-order chi connectivity index (χ1) is 9.15. The lowest BCUT2D eigenvalue weighted by molar-refractivity contribution is 0.629. The molecule has 1 N–H and O–H groups in total. The van der Waals surface area contributed by atoms with Crippen molar-refractivity contribution in [1.82, 2.24) is 5.32 Å². The second kappa shape index (κ2) is 6.76. The lowest BCUT2D eigenvalue weighted by Crippen LogP contribution is -2.22. The van der Waals surface area contributed by atoms with Gasteiger partial charge in [-0.1, -0.05) is 76.4 Å². The first-order valence-corrected chi connectivity index (χ1v) is 7.61. The first kappa shape index (κ1) is 14.9. The third-order valence-corrected chi connectivity index (χ3v) is 4.47. The minimum Gasteiger partial charge on any atom is -0.306 e. The topological polar surface area (TPSA) is 12.0 Å². The lowest BCUT2D eigenvalue weighted by atomic mass is 9.98. The van der Waals surface area contributed by atoms with Crippen molar-refractivity contribution in [2.45, 2.75) is 13.0 Å². The molecule has 0 aliphatic rings. The van der Waals surface area contributed by atoms with E-state index in [0.29, 0.717) is 10.0 Å². The van der Waals surface area contributed by atoms with Crippen LogP contribution < -0.4 is 5.32 Å². The molecule has 2 aromatic rings. The van der Waals surface area contributed by atoms with Crippen molar-refractivity contribution in [3.63, 3.8) is 0 Å². The summed E-state index contributed by atoms with van der Waals surface area (Å²) in [5.74, 6) is 0. The fourth-order valence-electron chi connectivity index (χ4n) is 2.04. The second-order valence-electron chi connectivity index (χ2n) is 4.16. The van der Waals surface area contributed by atoms with Crippen LogP contribution in [-0.4, -0.2) is 6.54 Å². The van der Waals surface area contributed by atoms with E-state index in [1.165, 1.54) is 0 Å². The molecule has 0 aliphatic heterocycles. The van der Waals surface area contributed by atoms with Crippen molar-refractivity contribution in [2.75, 3.05) is 6.54 Å². The number of hydrogen-bond donors (Lipinski definition) is 1. The number of rotatable bonds is 4. The fourth-order valence-corrected chi connectivity index (χ4v) is 2.97. The predicted molar refractivity (Wildman–Crippen MR) is 86.1 cm³/mol. The van der Waals surface area contributed by atoms with Gasteiger partial charge >= 0.3 is 0 Å². The Labute approximate surface area is 132 Å². The van der Waals surface area contributed by atoms with Gasteiger partial charge in [0.25, 0.3) is 0 Å². The molecule has 1 unspecified atom stereocenters. The van der Waals surface area contributed by atoms with Crippen molar-refractivity contribution in [3.05, 3.63) is 68.1 Å². The highest BCUT2D eigenvalue weighted by atomic mass is 79.9. The molecular formula is C15H14BrCl2N. The van der Waals surface area contributed by atoms with Crippen molar-refractivity contribution in [1.29, 1.82) is 0 Å². The molecule has 1 nitrogen and oxygen atoms in total. The lowest BCUT2D eigenvalue weighted by Gasteiger charge is -2.21. The zero-order valence-electron chi connectivity index (χ0n) is 10.5. The molecule has 0 spiro atoms. The highest BCUT2D eigenvalue weighted by Crippen LogP contribution is 2.35. The highest BCUT2D eigenvalue weighted by molar-refractivity contribution is 9.10. The Morgan fingerprint density at radius 3 is 2.42 bits per heavy atom. The van der Waals surface area contributed by atoms with E-state index in [9.17, 15) is 0 Å². The van der Waals surface area contributed by atoms with Crippen LogP contribution in [0.5, 0.6) is 0 Å². The van der Waals surface area contributed by atoms with Crippen molar-refractivity contribution < 1.29 is 0 Å². The van der Waals surface area contributed by atoms with Crippen LogP contribution in [0.15, 0.2) is 46.9 Å². The summed E-state index contributed by atoms with van der Waals surface area (Å²) in [4.78, 5) is 0. The van der Waals surface area contributed by atoms with Crippen LogP contribution in [0, 0.1) is 0 Å². The van der Waals surface area contributed by atoms with Crippen LogP contribution in [0.1, 0.15) is 24.1 Å². The number of hydrogen-bond acceptors (Lipinski definition) is 1. The Hall–Kier alpha value is -0.540. The summed E-state index contributed by atoms with van der Waals surface area (Å²) in [6.07, 6.45) is 0. The van der Waals surface area contributed by atoms with Crippen LogP contribution in [0.3, 0.4) is 0 Å². The Kier molecular flexibility index (Phi) is 5.28. The van der Waals surface area contributed by atoms with Gasteiger partial charge in [0, 0.05) is 4.47 Å². The molecule has 0 saturated carbocycles. The molecule has 19 heavy (non-hydrogen) atoms. The minimum absolute atomic E-state index is 0.0202. The standard InChI is InChI=1S/C15H14BrCl2N/c1-2-19-15(10-6-3-4-8-12(10)16)11-7-5-9-13(17)14(11)18/h3-9,15,19H,2H2,1H3. The Balaban J connectivity index is 2.52. The summed E-state index contributed by atoms with van der Waals surface area (Å²) >= 11 is 16.0. The third-order valence-electron chi connectivity index (χ3n) is 2.92. The summed E-state index contributed by atoms with van der Waals surface area (Å²) in [7, 11) is 0. The van der Waals surface area contributed by atoms with E-state index in [4.69, 9.17) is 23.2 Å². The van der Waals surface area contributed by atoms with Gasteiger partial charge in [0.1, 0.15) is 0 Å². The van der Waals surface area contributed by atoms with Crippen LogP contribution in [0.4, 0.5) is 0 Å². The summed E-state index contributed by atoms with van der Waals surface area (Å²) in [5.41, 5.74) is 2.14. The summed E-state index contributed by atoms with van der Waals surface area (Å²) in [6.45, 7) is 2.91. The molecule has 2 aromatic carbocycles. The molecule has 0 bridgehead atoms. The highest BCUT2D eigenvalue weighted by Gasteiger charge is 2.19. The molecule has 2 rings (SSSR count). The van der Waals surface area contributed by atoms with Gasteiger partial charge in [-0.05, 0) is 29.8 Å². The predicted octanol–water partition coefficient (Wildman–Crippen LogP) is 5.45. The fraction of sp³-hybridized carbons (Fsp3) is 0.200. The van der Waals surface area contributed by atoms with Gasteiger partial charge in [0.15, 0.2) is 0 Å². The average molecular weight is 359 g/mol. The third kappa shape index (κ3) is 3.32. The summed E-state index contributed by atoms with van der Waals surface area (Å²) in [5, 5.41) is 4.63. The van der Waals surface area contributed by atoms with Gasteiger partial charge in [-0.15, -0.1) is 0 Å². The number of benzene rings is 2. The van der Waals surface area contributed by atoms with Gasteiger partial charge in [-0.2, -0.15) is 0 Å². The van der Waals surface area contributed by atoms with Crippen LogP contribution in [0.2, 0.25) is 10.0 Å². The maximum atomic E-state index is 6.34. The molecule has 0 heterocycles. The van der Waals surface area contributed by atoms with Crippen LogP contribution in [0.25, 0.3) is 0 Å². The molecule has 4 heteroatoms. The average Bonchev–Trinajstić information content (AvgIpc) is 2.41. The van der Waals surface area contributed by atoms with E-state index in [1.54, 1.807) is 6.07 Å². The molecule has 0 amide bonds. The monoisotopic (exact) mass is 357 g/mol. The van der Waals surface area contributed by atoms with E-state index < -0.39 is 0 Å². The molecule has 0 aromatic heterocycles. The van der Waals surface area contributed by atoms with E-state index in [2.05, 4.69) is 34.2 Å². The molecule has 0 aliphatic carbocycles. The van der Waals surface area contributed by atoms with E-state index >= 15 is 0 Å². The SMILES string of the molecule is CCNC(c1ccccc1Br)c1cccc(Cl)c1Cl. The number of nitrogens with one attached hydrogen (secondary N) is 1. The van der Waals surface area contributed by atoms with E-state index in [-0.39, 0.29) is 6.04 Å². The van der Waals surface area contributed by atoms with Crippen LogP contribution in [-0.2, 0) is 0 Å². The zero-order valence-corrected chi connectivity index (χ0v) is 13.6. The Morgan fingerprint density at radius 1 is 1.05 bits per heavy atom. The van der Waals surface area contributed by atoms with Gasteiger partial charge in [-0.3, -0.25) is 0 Å². The second-order valence-corrected chi connectivity index (χ2v) is 5.79. The maximum Gasteiger partial charge on any atom is 0.0643 e. The van der Waals surface area contributed by atoms with Gasteiger partial charge in [-0.25, -0.2) is 0 Å². The smallest absolute Gasteiger partial charge is 0.0643 e. The molecule has 0 saturated heterocycles. The summed E-state index contributed by atoms with van der Waals surface area (Å²) < 4.78 is 1.05. The van der Waals surface area contributed by atoms with Crippen molar-refractivity contribution in [3.8, 4) is 0 Å². The zero-order chi connectivity index (χ0) is 13.8. The van der Waals surface area contributed by atoms with Crippen LogP contribution >= 0.6 is 39.1 Å². The molecule has 0 radical (unpaired) electrons. The Morgan fingerprint density at radius 2 is 1.74 bits per heavy atom. The number of halogens is 3. The molecule has 100 valence electrons. The summed E-state index contributed by atoms with van der Waals surface area (Å²) in [6, 6.07) is 13.9. The van der Waals surface area contributed by atoms with Gasteiger partial charge in [0.05, 0.1) is 16.1 Å². The Bertz CT molecular complexity index is 572. The first-order valence-electron chi connectivity index (χ1n) is 6.06. The van der Waals surface area contributed by atoms with E-state index in [1.807, 2.05) is 30.3 Å². The maximum absolute atomic E-state index is 6.34. The van der Waals surface area contributed by atoms with Crippen molar-refractivity contribution >= 4 is 39.1 Å². The molecule has 0 fully saturated rings. The van der Waals surface area contributed by atoms with Gasteiger partial charge < -0.3 is 5.32 Å². The normalized spacial score (nSPS) is 12.4. The van der Waals surface area contributed by atoms with Crippen molar-refractivity contribution in [2.24, 2.45) is 0 Å². The van der Waals surface area contributed by atoms with E-state index in [0.717, 1.165) is 22.1 Å². The van der Waals surface area contributed by atoms with Gasteiger partial charge in [0.2, 0.25) is 0 Å². The minimum atomic E-state index is 0.0202.